The molecule has 0 unspecified atom stereocenters. The van der Waals surface area contributed by atoms with Gasteiger partial charge in [-0.15, -0.1) is 0 Å². The van der Waals surface area contributed by atoms with Crippen molar-refractivity contribution in [1.82, 2.24) is 15.2 Å². The largest absolute Gasteiger partial charge is 0.367 e. The van der Waals surface area contributed by atoms with Crippen molar-refractivity contribution in [3.8, 4) is 0 Å². The van der Waals surface area contributed by atoms with Crippen LogP contribution < -0.4 is 0 Å². The lowest BCUT2D eigenvalue weighted by Crippen LogP contribution is -1.75. The highest BCUT2D eigenvalue weighted by atomic mass is 16.1. The molecular weight excluding hydrogens is 182 g/mol. The number of carbonyl (C=O) groups is 2. The summed E-state index contributed by atoms with van der Waals surface area (Å²) in [7, 11) is 0. The van der Waals surface area contributed by atoms with Gasteiger partial charge in [0.15, 0.2) is 12.6 Å². The molecule has 0 aliphatic carbocycles. The van der Waals surface area contributed by atoms with Crippen molar-refractivity contribution in [3.05, 3.63) is 42.0 Å². The lowest BCUT2D eigenvalue weighted by molar-refractivity contribution is 0.111. The number of H-pyrrole nitrogens is 2. The third-order valence-electron chi connectivity index (χ3n) is 1.41. The van der Waals surface area contributed by atoms with Gasteiger partial charge in [0.05, 0.1) is 5.69 Å². The lowest BCUT2D eigenvalue weighted by Gasteiger charge is -1.68. The Balaban J connectivity index is 0.000000140. The Morgan fingerprint density at radius 3 is 2.36 bits per heavy atom. The van der Waals surface area contributed by atoms with Crippen LogP contribution in [0.2, 0.25) is 0 Å². The minimum absolute atomic E-state index is 0.514. The molecule has 5 heteroatoms. The fourth-order valence-corrected chi connectivity index (χ4v) is 0.742. The van der Waals surface area contributed by atoms with E-state index in [1.54, 1.807) is 24.5 Å². The summed E-state index contributed by atoms with van der Waals surface area (Å²) in [6.45, 7) is 0. The zero-order valence-electron chi connectivity index (χ0n) is 7.31. The highest BCUT2D eigenvalue weighted by molar-refractivity contribution is 5.73. The molecule has 2 rings (SSSR count). The minimum atomic E-state index is 0.514. The third-order valence-corrected chi connectivity index (χ3v) is 1.41. The summed E-state index contributed by atoms with van der Waals surface area (Å²) >= 11 is 0. The van der Waals surface area contributed by atoms with Crippen LogP contribution in [-0.2, 0) is 0 Å². The Morgan fingerprint density at radius 1 is 1.21 bits per heavy atom. The van der Waals surface area contributed by atoms with E-state index in [-0.39, 0.29) is 0 Å². The maximum Gasteiger partial charge on any atom is 0.167 e. The standard InChI is InChI=1S/C5H5NO.C4H4N2O/c7-4-5-1-2-6-3-5;7-3-4-1-2-5-6-4/h1-4,6H;1-3H,(H,5,6). The zero-order chi connectivity index (χ0) is 10.2. The predicted octanol–water partition coefficient (Wildman–Crippen LogP) is 1.05. The Hall–Kier alpha value is -2.17. The van der Waals surface area contributed by atoms with Gasteiger partial charge in [0.2, 0.25) is 0 Å². The Morgan fingerprint density at radius 2 is 2.07 bits per heavy atom. The van der Waals surface area contributed by atoms with Gasteiger partial charge in [-0.3, -0.25) is 14.7 Å². The number of aldehydes is 2. The van der Waals surface area contributed by atoms with Crippen LogP contribution in [-0.4, -0.2) is 27.8 Å². The van der Waals surface area contributed by atoms with E-state index in [1.165, 1.54) is 6.20 Å². The van der Waals surface area contributed by atoms with Gasteiger partial charge < -0.3 is 4.98 Å². The highest BCUT2D eigenvalue weighted by Gasteiger charge is 1.82. The first-order chi connectivity index (χ1) is 6.86. The smallest absolute Gasteiger partial charge is 0.167 e. The third kappa shape index (κ3) is 3.06. The van der Waals surface area contributed by atoms with Gasteiger partial charge in [-0.25, -0.2) is 0 Å². The fraction of sp³-hybridized carbons (Fsp3) is 0. The molecule has 0 fully saturated rings. The van der Waals surface area contributed by atoms with Crippen LogP contribution in [0.3, 0.4) is 0 Å². The van der Waals surface area contributed by atoms with Crippen LogP contribution >= 0.6 is 0 Å². The second-order valence-corrected chi connectivity index (χ2v) is 2.39. The first-order valence-corrected chi connectivity index (χ1v) is 3.89. The molecular formula is C9H9N3O2. The first-order valence-electron chi connectivity index (χ1n) is 3.89. The molecule has 2 heterocycles. The molecule has 0 bridgehead atoms. The number of nitrogens with one attached hydrogen (secondary N) is 2. The molecule has 0 saturated carbocycles. The Bertz CT molecular complexity index is 326. The van der Waals surface area contributed by atoms with Crippen LogP contribution in [0, 0.1) is 0 Å². The van der Waals surface area contributed by atoms with Crippen LogP contribution in [0.5, 0.6) is 0 Å². The maximum absolute atomic E-state index is 9.85. The van der Waals surface area contributed by atoms with E-state index in [9.17, 15) is 9.59 Å². The van der Waals surface area contributed by atoms with Crippen LogP contribution in [0.15, 0.2) is 30.7 Å². The number of hydrogen-bond donors (Lipinski definition) is 2. The quantitative estimate of drug-likeness (QED) is 0.696. The van der Waals surface area contributed by atoms with Crippen molar-refractivity contribution in [2.75, 3.05) is 0 Å². The van der Waals surface area contributed by atoms with E-state index in [4.69, 9.17) is 0 Å². The minimum Gasteiger partial charge on any atom is -0.367 e. The molecule has 0 radical (unpaired) electrons. The zero-order valence-corrected chi connectivity index (χ0v) is 7.31. The van der Waals surface area contributed by atoms with Crippen LogP contribution in [0.1, 0.15) is 20.8 Å². The highest BCUT2D eigenvalue weighted by Crippen LogP contribution is 1.87. The van der Waals surface area contributed by atoms with E-state index < -0.39 is 0 Å². The lowest BCUT2D eigenvalue weighted by atomic mass is 10.4. The molecule has 0 aromatic carbocycles. The summed E-state index contributed by atoms with van der Waals surface area (Å²) < 4.78 is 0. The van der Waals surface area contributed by atoms with E-state index in [0.29, 0.717) is 17.5 Å². The predicted molar refractivity (Wildman–Crippen MR) is 50.2 cm³/mol. The molecule has 0 saturated heterocycles. The van der Waals surface area contributed by atoms with E-state index in [2.05, 4.69) is 15.2 Å². The molecule has 72 valence electrons. The number of carbonyl (C=O) groups excluding carboxylic acids is 2. The number of aromatic amines is 2. The van der Waals surface area contributed by atoms with Crippen LogP contribution in [0.4, 0.5) is 0 Å². The average Bonchev–Trinajstić information content (AvgIpc) is 2.92. The summed E-state index contributed by atoms with van der Waals surface area (Å²) in [5.74, 6) is 0. The van der Waals surface area contributed by atoms with Crippen molar-refractivity contribution in [1.29, 1.82) is 0 Å². The summed E-state index contributed by atoms with van der Waals surface area (Å²) in [6, 6.07) is 3.32. The summed E-state index contributed by atoms with van der Waals surface area (Å²) in [5, 5.41) is 6.01. The van der Waals surface area contributed by atoms with Gasteiger partial charge in [0, 0.05) is 24.2 Å². The molecule has 5 nitrogen and oxygen atoms in total. The van der Waals surface area contributed by atoms with Crippen molar-refractivity contribution >= 4 is 12.6 Å². The molecule has 2 aromatic rings. The second-order valence-electron chi connectivity index (χ2n) is 2.39. The number of nitrogens with zero attached hydrogens (tertiary/aromatic N) is 1. The molecule has 0 atom stereocenters. The number of hydrogen-bond acceptors (Lipinski definition) is 3. The molecule has 14 heavy (non-hydrogen) atoms. The molecule has 0 aliphatic rings. The number of rotatable bonds is 2. The number of aromatic nitrogens is 3. The van der Waals surface area contributed by atoms with Crippen molar-refractivity contribution in [2.24, 2.45) is 0 Å². The Labute approximate surface area is 80.2 Å². The second kappa shape index (κ2) is 5.47. The van der Waals surface area contributed by atoms with Crippen LogP contribution in [0.25, 0.3) is 0 Å². The molecule has 0 aliphatic heterocycles. The fourth-order valence-electron chi connectivity index (χ4n) is 0.742. The van der Waals surface area contributed by atoms with Gasteiger partial charge >= 0.3 is 0 Å². The molecule has 2 aromatic heterocycles. The Kier molecular flexibility index (Phi) is 3.87. The molecule has 2 N–H and O–H groups in total. The van der Waals surface area contributed by atoms with E-state index >= 15 is 0 Å². The van der Waals surface area contributed by atoms with Gasteiger partial charge in [-0.2, -0.15) is 5.10 Å². The van der Waals surface area contributed by atoms with Crippen molar-refractivity contribution in [3.63, 3.8) is 0 Å². The summed E-state index contributed by atoms with van der Waals surface area (Å²) in [6.07, 6.45) is 6.41. The molecule has 0 spiro atoms. The van der Waals surface area contributed by atoms with Crippen molar-refractivity contribution in [2.45, 2.75) is 0 Å². The summed E-state index contributed by atoms with van der Waals surface area (Å²) in [5.41, 5.74) is 1.21. The average molecular weight is 191 g/mol. The normalized spacial score (nSPS) is 8.57. The van der Waals surface area contributed by atoms with Gasteiger partial charge in [-0.05, 0) is 12.1 Å². The van der Waals surface area contributed by atoms with E-state index in [0.717, 1.165) is 6.29 Å². The van der Waals surface area contributed by atoms with Gasteiger partial charge in [0.1, 0.15) is 0 Å². The van der Waals surface area contributed by atoms with E-state index in [1.807, 2.05) is 0 Å². The maximum atomic E-state index is 9.85. The van der Waals surface area contributed by atoms with Crippen molar-refractivity contribution < 1.29 is 9.59 Å². The van der Waals surface area contributed by atoms with Gasteiger partial charge in [0.25, 0.3) is 0 Å². The SMILES string of the molecule is O=Cc1cc[nH]c1.O=Cc1ccn[nH]1. The molecule has 0 amide bonds. The van der Waals surface area contributed by atoms with Gasteiger partial charge in [-0.1, -0.05) is 0 Å². The first kappa shape index (κ1) is 9.91. The summed E-state index contributed by atoms with van der Waals surface area (Å²) in [4.78, 5) is 22.4. The monoisotopic (exact) mass is 191 g/mol. The topological polar surface area (TPSA) is 78.6 Å².